The molecular weight excluding hydrogens is 300 g/mol. The smallest absolute Gasteiger partial charge is 0.255 e. The molecule has 1 aromatic carbocycles. The number of hydrogen-bond acceptors (Lipinski definition) is 2. The molecule has 1 aliphatic heterocycles. The average molecular weight is 323 g/mol. The van der Waals surface area contributed by atoms with E-state index in [0.29, 0.717) is 36.5 Å². The van der Waals surface area contributed by atoms with Crippen LogP contribution in [-0.4, -0.2) is 35.8 Å². The standard InChI is InChI=1S/C17H23ClN2O2/c1-3-12(2)19-16(21)13-8-10-20(11-9-13)17(22)14-6-4-5-7-15(14)18/h4-7,12-13H,3,8-11H2,1-2H3,(H,19,21)/t12-/m1/s1. The first kappa shape index (κ1) is 16.8. The molecule has 0 aliphatic carbocycles. The van der Waals surface area contributed by atoms with E-state index in [9.17, 15) is 9.59 Å². The molecule has 0 bridgehead atoms. The summed E-state index contributed by atoms with van der Waals surface area (Å²) in [6.07, 6.45) is 2.34. The van der Waals surface area contributed by atoms with Gasteiger partial charge in [-0.15, -0.1) is 0 Å². The van der Waals surface area contributed by atoms with Crippen molar-refractivity contribution < 1.29 is 9.59 Å². The van der Waals surface area contributed by atoms with Crippen molar-refractivity contribution in [2.45, 2.75) is 39.2 Å². The van der Waals surface area contributed by atoms with E-state index < -0.39 is 0 Å². The van der Waals surface area contributed by atoms with Gasteiger partial charge in [0.1, 0.15) is 0 Å². The zero-order valence-electron chi connectivity index (χ0n) is 13.1. The lowest BCUT2D eigenvalue weighted by Gasteiger charge is -2.32. The molecule has 1 heterocycles. The van der Waals surface area contributed by atoms with Gasteiger partial charge in [0.2, 0.25) is 5.91 Å². The summed E-state index contributed by atoms with van der Waals surface area (Å²) >= 11 is 6.08. The lowest BCUT2D eigenvalue weighted by Crippen LogP contribution is -2.44. The molecule has 0 saturated carbocycles. The second kappa shape index (κ2) is 7.63. The molecule has 2 rings (SSSR count). The van der Waals surface area contributed by atoms with E-state index in [1.54, 1.807) is 17.0 Å². The highest BCUT2D eigenvalue weighted by atomic mass is 35.5. The van der Waals surface area contributed by atoms with Gasteiger partial charge in [-0.05, 0) is 38.3 Å². The first-order valence-electron chi connectivity index (χ1n) is 7.87. The largest absolute Gasteiger partial charge is 0.353 e. The molecule has 0 radical (unpaired) electrons. The third-order valence-corrected chi connectivity index (χ3v) is 4.59. The lowest BCUT2D eigenvalue weighted by molar-refractivity contribution is -0.126. The van der Waals surface area contributed by atoms with Gasteiger partial charge in [0, 0.05) is 25.0 Å². The number of nitrogens with zero attached hydrogens (tertiary/aromatic N) is 1. The monoisotopic (exact) mass is 322 g/mol. The van der Waals surface area contributed by atoms with Crippen LogP contribution in [0.4, 0.5) is 0 Å². The molecule has 0 unspecified atom stereocenters. The lowest BCUT2D eigenvalue weighted by atomic mass is 9.95. The quantitative estimate of drug-likeness (QED) is 0.926. The minimum absolute atomic E-state index is 0.00398. The number of benzene rings is 1. The number of halogens is 1. The summed E-state index contributed by atoms with van der Waals surface area (Å²) in [6.45, 7) is 5.26. The van der Waals surface area contributed by atoms with E-state index in [-0.39, 0.29) is 23.8 Å². The van der Waals surface area contributed by atoms with Crippen LogP contribution in [0.2, 0.25) is 5.02 Å². The first-order valence-corrected chi connectivity index (χ1v) is 8.25. The highest BCUT2D eigenvalue weighted by Gasteiger charge is 2.28. The minimum atomic E-state index is -0.0496. The Morgan fingerprint density at radius 1 is 1.32 bits per heavy atom. The van der Waals surface area contributed by atoms with Crippen molar-refractivity contribution in [2.24, 2.45) is 5.92 Å². The van der Waals surface area contributed by atoms with Crippen molar-refractivity contribution in [2.75, 3.05) is 13.1 Å². The maximum Gasteiger partial charge on any atom is 0.255 e. The van der Waals surface area contributed by atoms with Crippen molar-refractivity contribution in [3.63, 3.8) is 0 Å². The number of hydrogen-bond donors (Lipinski definition) is 1. The van der Waals surface area contributed by atoms with Gasteiger partial charge in [-0.1, -0.05) is 30.7 Å². The fourth-order valence-corrected chi connectivity index (χ4v) is 2.83. The molecule has 1 fully saturated rings. The zero-order chi connectivity index (χ0) is 16.1. The van der Waals surface area contributed by atoms with Crippen LogP contribution >= 0.6 is 11.6 Å². The topological polar surface area (TPSA) is 49.4 Å². The zero-order valence-corrected chi connectivity index (χ0v) is 13.9. The SMILES string of the molecule is CC[C@@H](C)NC(=O)C1CCN(C(=O)c2ccccc2Cl)CC1. The third kappa shape index (κ3) is 4.01. The Balaban J connectivity index is 1.91. The molecule has 22 heavy (non-hydrogen) atoms. The summed E-state index contributed by atoms with van der Waals surface area (Å²) in [6, 6.07) is 7.29. The van der Waals surface area contributed by atoms with Crippen LogP contribution < -0.4 is 5.32 Å². The molecule has 1 atom stereocenters. The van der Waals surface area contributed by atoms with Gasteiger partial charge < -0.3 is 10.2 Å². The molecule has 5 heteroatoms. The molecule has 2 amide bonds. The summed E-state index contributed by atoms with van der Waals surface area (Å²) in [5.74, 6) is 0.0647. The Kier molecular flexibility index (Phi) is 5.83. The molecule has 1 aromatic rings. The van der Waals surface area contributed by atoms with Gasteiger partial charge in [-0.25, -0.2) is 0 Å². The Bertz CT molecular complexity index is 539. The maximum absolute atomic E-state index is 12.5. The predicted octanol–water partition coefficient (Wildman–Crippen LogP) is 3.11. The van der Waals surface area contributed by atoms with Crippen LogP contribution in [0.15, 0.2) is 24.3 Å². The van der Waals surface area contributed by atoms with Gasteiger partial charge in [-0.2, -0.15) is 0 Å². The molecule has 120 valence electrons. The number of piperidine rings is 1. The van der Waals surface area contributed by atoms with Crippen molar-refractivity contribution >= 4 is 23.4 Å². The van der Waals surface area contributed by atoms with E-state index in [1.165, 1.54) is 0 Å². The van der Waals surface area contributed by atoms with E-state index in [2.05, 4.69) is 12.2 Å². The minimum Gasteiger partial charge on any atom is -0.353 e. The third-order valence-electron chi connectivity index (χ3n) is 4.26. The number of nitrogens with one attached hydrogen (secondary N) is 1. The van der Waals surface area contributed by atoms with Gasteiger partial charge in [0.15, 0.2) is 0 Å². The number of likely N-dealkylation sites (tertiary alicyclic amines) is 1. The van der Waals surface area contributed by atoms with E-state index in [1.807, 2.05) is 19.1 Å². The van der Waals surface area contributed by atoms with Crippen LogP contribution in [0.3, 0.4) is 0 Å². The van der Waals surface area contributed by atoms with Crippen LogP contribution in [0.1, 0.15) is 43.5 Å². The van der Waals surface area contributed by atoms with Crippen LogP contribution in [0, 0.1) is 5.92 Å². The Morgan fingerprint density at radius 2 is 1.95 bits per heavy atom. The van der Waals surface area contributed by atoms with Crippen molar-refractivity contribution in [3.8, 4) is 0 Å². The van der Waals surface area contributed by atoms with Crippen LogP contribution in [0.25, 0.3) is 0 Å². The average Bonchev–Trinajstić information content (AvgIpc) is 2.54. The van der Waals surface area contributed by atoms with Gasteiger partial charge in [0.25, 0.3) is 5.91 Å². The molecule has 1 N–H and O–H groups in total. The highest BCUT2D eigenvalue weighted by molar-refractivity contribution is 6.33. The van der Waals surface area contributed by atoms with E-state index in [0.717, 1.165) is 6.42 Å². The second-order valence-electron chi connectivity index (χ2n) is 5.86. The number of rotatable bonds is 4. The van der Waals surface area contributed by atoms with Crippen molar-refractivity contribution in [3.05, 3.63) is 34.9 Å². The maximum atomic E-state index is 12.5. The Morgan fingerprint density at radius 3 is 2.55 bits per heavy atom. The number of carbonyl (C=O) groups excluding carboxylic acids is 2. The molecule has 1 saturated heterocycles. The van der Waals surface area contributed by atoms with Crippen molar-refractivity contribution in [1.82, 2.24) is 10.2 Å². The summed E-state index contributed by atoms with van der Waals surface area (Å²) in [5.41, 5.74) is 0.534. The summed E-state index contributed by atoms with van der Waals surface area (Å²) in [4.78, 5) is 26.4. The summed E-state index contributed by atoms with van der Waals surface area (Å²) in [7, 11) is 0. The molecule has 0 aromatic heterocycles. The predicted molar refractivity (Wildman–Crippen MR) is 88.0 cm³/mol. The molecule has 1 aliphatic rings. The molecule has 4 nitrogen and oxygen atoms in total. The van der Waals surface area contributed by atoms with Crippen molar-refractivity contribution in [1.29, 1.82) is 0 Å². The van der Waals surface area contributed by atoms with Gasteiger partial charge >= 0.3 is 0 Å². The second-order valence-corrected chi connectivity index (χ2v) is 6.27. The first-order chi connectivity index (χ1) is 10.5. The van der Waals surface area contributed by atoms with Crippen LogP contribution in [-0.2, 0) is 4.79 Å². The Labute approximate surface area is 136 Å². The Hall–Kier alpha value is -1.55. The van der Waals surface area contributed by atoms with Crippen LogP contribution in [0.5, 0.6) is 0 Å². The fourth-order valence-electron chi connectivity index (χ4n) is 2.61. The summed E-state index contributed by atoms with van der Waals surface area (Å²) < 4.78 is 0. The van der Waals surface area contributed by atoms with E-state index in [4.69, 9.17) is 11.6 Å². The molecule has 0 spiro atoms. The fraction of sp³-hybridized carbons (Fsp3) is 0.529. The van der Waals surface area contributed by atoms with E-state index >= 15 is 0 Å². The highest BCUT2D eigenvalue weighted by Crippen LogP contribution is 2.22. The number of carbonyl (C=O) groups is 2. The molecular formula is C17H23ClN2O2. The number of amides is 2. The van der Waals surface area contributed by atoms with Gasteiger partial charge in [-0.3, -0.25) is 9.59 Å². The summed E-state index contributed by atoms with van der Waals surface area (Å²) in [5, 5.41) is 3.50. The normalized spacial score (nSPS) is 17.1. The van der Waals surface area contributed by atoms with Gasteiger partial charge in [0.05, 0.1) is 10.6 Å².